The van der Waals surface area contributed by atoms with Crippen LogP contribution in [0.5, 0.6) is 0 Å². The van der Waals surface area contributed by atoms with Crippen molar-refractivity contribution in [3.63, 3.8) is 0 Å². The van der Waals surface area contributed by atoms with Crippen molar-refractivity contribution in [1.82, 2.24) is 0 Å². The van der Waals surface area contributed by atoms with Gasteiger partial charge in [-0.1, -0.05) is 23.6 Å². The van der Waals surface area contributed by atoms with Crippen LogP contribution in [0.15, 0.2) is 12.1 Å². The number of benzene rings is 1. The second kappa shape index (κ2) is 6.46. The summed E-state index contributed by atoms with van der Waals surface area (Å²) in [5.74, 6) is 6.52. The van der Waals surface area contributed by atoms with E-state index in [-0.39, 0.29) is 10.9 Å². The zero-order chi connectivity index (χ0) is 12.8. The van der Waals surface area contributed by atoms with Crippen LogP contribution in [0.2, 0.25) is 0 Å². The topological polar surface area (TPSA) is 17.1 Å². The molecule has 0 amide bonds. The molecule has 1 rings (SSSR count). The molecule has 0 aliphatic carbocycles. The van der Waals surface area contributed by atoms with Gasteiger partial charge in [0.1, 0.15) is 5.82 Å². The summed E-state index contributed by atoms with van der Waals surface area (Å²) in [7, 11) is 0. The molecule has 0 aliphatic heterocycles. The zero-order valence-corrected chi connectivity index (χ0v) is 11.1. The fraction of sp³-hybridized carbons (Fsp3) is 0.357. The summed E-state index contributed by atoms with van der Waals surface area (Å²) in [5, 5.41) is 0.111. The van der Waals surface area contributed by atoms with Crippen LogP contribution in [0.1, 0.15) is 30.0 Å². The Morgan fingerprint density at radius 3 is 2.47 bits per heavy atom. The van der Waals surface area contributed by atoms with E-state index < -0.39 is 0 Å². The Bertz CT molecular complexity index is 460. The molecule has 0 spiro atoms. The van der Waals surface area contributed by atoms with Gasteiger partial charge >= 0.3 is 0 Å². The lowest BCUT2D eigenvalue weighted by atomic mass is 10.1. The van der Waals surface area contributed by atoms with Gasteiger partial charge in [-0.2, -0.15) is 0 Å². The van der Waals surface area contributed by atoms with Crippen LogP contribution in [0.3, 0.4) is 0 Å². The molecule has 0 heterocycles. The Morgan fingerprint density at radius 2 is 1.94 bits per heavy atom. The van der Waals surface area contributed by atoms with Crippen molar-refractivity contribution in [1.29, 1.82) is 0 Å². The smallest absolute Gasteiger partial charge is 0.185 e. The summed E-state index contributed by atoms with van der Waals surface area (Å²) >= 11 is 1.27. The number of halogens is 1. The second-order valence-corrected chi connectivity index (χ2v) is 5.09. The van der Waals surface area contributed by atoms with E-state index in [0.29, 0.717) is 23.3 Å². The molecule has 1 aromatic carbocycles. The van der Waals surface area contributed by atoms with Gasteiger partial charge in [0.05, 0.1) is 0 Å². The normalized spacial score (nSPS) is 9.65. The zero-order valence-electron chi connectivity index (χ0n) is 10.3. The van der Waals surface area contributed by atoms with E-state index in [1.807, 2.05) is 0 Å². The first-order valence-corrected chi connectivity index (χ1v) is 6.38. The maximum absolute atomic E-state index is 13.4. The molecular formula is C14H15FOS. The van der Waals surface area contributed by atoms with Gasteiger partial charge in [-0.05, 0) is 37.1 Å². The molecule has 90 valence electrons. The average molecular weight is 250 g/mol. The van der Waals surface area contributed by atoms with E-state index >= 15 is 0 Å². The minimum atomic E-state index is -0.164. The third kappa shape index (κ3) is 4.62. The highest BCUT2D eigenvalue weighted by Crippen LogP contribution is 2.13. The first-order valence-electron chi connectivity index (χ1n) is 5.39. The highest BCUT2D eigenvalue weighted by molar-refractivity contribution is 8.13. The van der Waals surface area contributed by atoms with E-state index in [9.17, 15) is 9.18 Å². The van der Waals surface area contributed by atoms with E-state index in [4.69, 9.17) is 0 Å². The monoisotopic (exact) mass is 250 g/mol. The van der Waals surface area contributed by atoms with Crippen LogP contribution in [-0.2, 0) is 4.79 Å². The molecule has 0 unspecified atom stereocenters. The standard InChI is InChI=1S/C14H15FOS/c1-10-8-13(9-11(2)14(10)15)6-4-5-7-17-12(3)16/h8-9H,5,7H2,1-3H3. The maximum atomic E-state index is 13.4. The van der Waals surface area contributed by atoms with Gasteiger partial charge in [0.25, 0.3) is 0 Å². The average Bonchev–Trinajstić information content (AvgIpc) is 2.25. The fourth-order valence-electron chi connectivity index (χ4n) is 1.43. The third-order valence-corrected chi connectivity index (χ3v) is 3.02. The Hall–Kier alpha value is -1.27. The maximum Gasteiger partial charge on any atom is 0.185 e. The van der Waals surface area contributed by atoms with Gasteiger partial charge in [0.15, 0.2) is 5.12 Å². The van der Waals surface area contributed by atoms with Gasteiger partial charge in [-0.3, -0.25) is 4.79 Å². The lowest BCUT2D eigenvalue weighted by molar-refractivity contribution is -0.109. The van der Waals surface area contributed by atoms with Crippen LogP contribution < -0.4 is 0 Å². The van der Waals surface area contributed by atoms with E-state index in [1.54, 1.807) is 32.9 Å². The van der Waals surface area contributed by atoms with Gasteiger partial charge in [-0.25, -0.2) is 4.39 Å². The molecule has 0 saturated heterocycles. The van der Waals surface area contributed by atoms with Crippen molar-refractivity contribution in [3.8, 4) is 11.8 Å². The van der Waals surface area contributed by atoms with Crippen molar-refractivity contribution in [2.75, 3.05) is 5.75 Å². The largest absolute Gasteiger partial charge is 0.288 e. The minimum Gasteiger partial charge on any atom is -0.288 e. The molecule has 0 N–H and O–H groups in total. The van der Waals surface area contributed by atoms with Crippen molar-refractivity contribution in [3.05, 3.63) is 34.6 Å². The number of thioether (sulfide) groups is 1. The SMILES string of the molecule is CC(=O)SCCC#Cc1cc(C)c(F)c(C)c1. The van der Waals surface area contributed by atoms with Gasteiger partial charge in [0, 0.05) is 24.7 Å². The quantitative estimate of drug-likeness (QED) is 0.590. The van der Waals surface area contributed by atoms with Crippen LogP contribution in [0, 0.1) is 31.5 Å². The van der Waals surface area contributed by atoms with Crippen molar-refractivity contribution in [2.24, 2.45) is 0 Å². The molecule has 3 heteroatoms. The number of hydrogen-bond acceptors (Lipinski definition) is 2. The van der Waals surface area contributed by atoms with Crippen LogP contribution >= 0.6 is 11.8 Å². The molecular weight excluding hydrogens is 235 g/mol. The number of carbonyl (C=O) groups is 1. The molecule has 0 saturated carbocycles. The Balaban J connectivity index is 2.63. The predicted octanol–water partition coefficient (Wildman–Crippen LogP) is 3.46. The van der Waals surface area contributed by atoms with E-state index in [0.717, 1.165) is 5.56 Å². The van der Waals surface area contributed by atoms with Gasteiger partial charge in [-0.15, -0.1) is 0 Å². The van der Waals surface area contributed by atoms with Crippen molar-refractivity contribution in [2.45, 2.75) is 27.2 Å². The van der Waals surface area contributed by atoms with Crippen LogP contribution in [0.4, 0.5) is 4.39 Å². The summed E-state index contributed by atoms with van der Waals surface area (Å²) in [6.45, 7) is 5.02. The number of carbonyl (C=O) groups excluding carboxylic acids is 1. The Kier molecular flexibility index (Phi) is 5.24. The number of rotatable bonds is 2. The van der Waals surface area contributed by atoms with Gasteiger partial charge < -0.3 is 0 Å². The minimum absolute atomic E-state index is 0.111. The van der Waals surface area contributed by atoms with E-state index in [2.05, 4.69) is 11.8 Å². The summed E-state index contributed by atoms with van der Waals surface area (Å²) in [6, 6.07) is 3.49. The second-order valence-electron chi connectivity index (χ2n) is 3.82. The third-order valence-electron chi connectivity index (χ3n) is 2.20. The molecule has 17 heavy (non-hydrogen) atoms. The molecule has 0 fully saturated rings. The fourth-order valence-corrected chi connectivity index (χ4v) is 1.92. The number of hydrogen-bond donors (Lipinski definition) is 0. The molecule has 1 nitrogen and oxygen atoms in total. The Morgan fingerprint density at radius 1 is 1.35 bits per heavy atom. The molecule has 0 aromatic heterocycles. The summed E-state index contributed by atoms with van der Waals surface area (Å²) < 4.78 is 13.4. The Labute approximate surface area is 106 Å². The molecule has 1 aromatic rings. The summed E-state index contributed by atoms with van der Waals surface area (Å²) in [5.41, 5.74) is 2.06. The lowest BCUT2D eigenvalue weighted by Crippen LogP contribution is -1.89. The lowest BCUT2D eigenvalue weighted by Gasteiger charge is -2.01. The first-order chi connectivity index (χ1) is 8.00. The summed E-state index contributed by atoms with van der Waals surface area (Å²) in [6.07, 6.45) is 0.666. The highest BCUT2D eigenvalue weighted by atomic mass is 32.2. The molecule has 0 aliphatic rings. The first kappa shape index (κ1) is 13.8. The molecule has 0 bridgehead atoms. The highest BCUT2D eigenvalue weighted by Gasteiger charge is 2.02. The predicted molar refractivity (Wildman–Crippen MR) is 70.5 cm³/mol. The van der Waals surface area contributed by atoms with Crippen molar-refractivity contribution >= 4 is 16.9 Å². The van der Waals surface area contributed by atoms with Crippen LogP contribution in [-0.4, -0.2) is 10.9 Å². The van der Waals surface area contributed by atoms with E-state index in [1.165, 1.54) is 11.8 Å². The number of aryl methyl sites for hydroxylation is 2. The van der Waals surface area contributed by atoms with Crippen LogP contribution in [0.25, 0.3) is 0 Å². The van der Waals surface area contributed by atoms with Gasteiger partial charge in [0.2, 0.25) is 0 Å². The van der Waals surface area contributed by atoms with Crippen molar-refractivity contribution < 1.29 is 9.18 Å². The molecule has 0 atom stereocenters. The molecule has 0 radical (unpaired) electrons. The summed E-state index contributed by atoms with van der Waals surface area (Å²) in [4.78, 5) is 10.7.